The van der Waals surface area contributed by atoms with Crippen molar-refractivity contribution in [3.63, 3.8) is 0 Å². The van der Waals surface area contributed by atoms with Crippen LogP contribution in [0.5, 0.6) is 0 Å². The van der Waals surface area contributed by atoms with Gasteiger partial charge in [-0.15, -0.1) is 0 Å². The van der Waals surface area contributed by atoms with E-state index in [9.17, 15) is 43.5 Å². The van der Waals surface area contributed by atoms with Crippen molar-refractivity contribution in [2.45, 2.75) is 175 Å². The molecule has 0 amide bonds. The van der Waals surface area contributed by atoms with Gasteiger partial charge in [-0.1, -0.05) is 20.8 Å². The molecule has 0 aromatic rings. The summed E-state index contributed by atoms with van der Waals surface area (Å²) in [5, 5.41) is 10.6. The Morgan fingerprint density at radius 2 is 1.05 bits per heavy atom. The molecule has 12 unspecified atom stereocenters. The van der Waals surface area contributed by atoms with Gasteiger partial charge in [0.25, 0.3) is 0 Å². The first-order valence-corrected chi connectivity index (χ1v) is 19.8. The third-order valence-electron chi connectivity index (χ3n) is 9.64. The molecular weight excluding hydrogens is 816 g/mol. The van der Waals surface area contributed by atoms with Gasteiger partial charge in [0.05, 0.1) is 36.9 Å². The number of rotatable bonds is 20. The fourth-order valence-corrected chi connectivity index (χ4v) is 7.08. The van der Waals surface area contributed by atoms with Gasteiger partial charge >= 0.3 is 47.8 Å². The third kappa shape index (κ3) is 15.5. The molecule has 2 rings (SSSR count). The van der Waals surface area contributed by atoms with E-state index in [1.807, 2.05) is 0 Å². The predicted octanol–water partition coefficient (Wildman–Crippen LogP) is 1.22. The molecule has 2 saturated heterocycles. The van der Waals surface area contributed by atoms with E-state index in [0.29, 0.717) is 0 Å². The fourth-order valence-electron chi connectivity index (χ4n) is 7.08. The van der Waals surface area contributed by atoms with Crippen molar-refractivity contribution in [3.8, 4) is 0 Å². The van der Waals surface area contributed by atoms with Crippen molar-refractivity contribution in [1.29, 1.82) is 0 Å². The van der Waals surface area contributed by atoms with E-state index in [4.69, 9.17) is 56.8 Å². The normalized spacial score (nSPS) is 26.5. The van der Waals surface area contributed by atoms with E-state index in [1.165, 1.54) is 13.8 Å². The summed E-state index contributed by atoms with van der Waals surface area (Å²) < 4.78 is 69.7. The topological polar surface area (TPSA) is 268 Å². The largest absolute Gasteiger partial charge is 0.461 e. The van der Waals surface area contributed by atoms with E-state index in [-0.39, 0.29) is 19.6 Å². The molecule has 0 aromatic heterocycles. The summed E-state index contributed by atoms with van der Waals surface area (Å²) in [6.07, 6.45) is -15.1. The Morgan fingerprint density at radius 3 is 1.49 bits per heavy atom. The molecule has 2 aliphatic rings. The Bertz CT molecular complexity index is 1560. The number of carbonyl (C=O) groups is 8. The number of hydrogen-bond acceptors (Lipinski definition) is 21. The number of hydrogen-bond donors (Lipinski definition) is 1. The maximum atomic E-state index is 12.7. The first-order valence-electron chi connectivity index (χ1n) is 19.8. The Labute approximate surface area is 354 Å². The van der Waals surface area contributed by atoms with Crippen molar-refractivity contribution >= 4 is 47.8 Å². The summed E-state index contributed by atoms with van der Waals surface area (Å²) in [7, 11) is 0. The Balaban J connectivity index is 2.63. The summed E-state index contributed by atoms with van der Waals surface area (Å²) in [6.45, 7) is 15.0. The number of aliphatic hydroxyl groups is 1. The van der Waals surface area contributed by atoms with Gasteiger partial charge in [-0.25, -0.2) is 0 Å². The van der Waals surface area contributed by atoms with Crippen LogP contribution in [0.4, 0.5) is 0 Å². The second kappa shape index (κ2) is 23.1. The number of aliphatic hydroxyl groups excluding tert-OH is 1. The van der Waals surface area contributed by atoms with Crippen molar-refractivity contribution in [3.05, 3.63) is 0 Å². The van der Waals surface area contributed by atoms with Crippen molar-refractivity contribution in [1.82, 2.24) is 0 Å². The fraction of sp³-hybridized carbons (Fsp3) is 0.800. The molecular formula is C40H62O21. The molecule has 21 heteroatoms. The van der Waals surface area contributed by atoms with Crippen LogP contribution in [0.3, 0.4) is 0 Å². The zero-order valence-electron chi connectivity index (χ0n) is 37.1. The molecule has 348 valence electrons. The van der Waals surface area contributed by atoms with Crippen molar-refractivity contribution < 1.29 is 100 Å². The minimum atomic E-state index is -1.64. The summed E-state index contributed by atoms with van der Waals surface area (Å²) in [5.74, 6) is -6.84. The first-order chi connectivity index (χ1) is 28.3. The lowest BCUT2D eigenvalue weighted by Crippen LogP contribution is -2.68. The second-order valence-electron chi connectivity index (χ2n) is 15.7. The van der Waals surface area contributed by atoms with Crippen LogP contribution >= 0.6 is 0 Å². The lowest BCUT2D eigenvalue weighted by atomic mass is 9.84. The molecule has 61 heavy (non-hydrogen) atoms. The molecule has 0 radical (unpaired) electrons. The van der Waals surface area contributed by atoms with Crippen LogP contribution in [0.2, 0.25) is 0 Å². The lowest BCUT2D eigenvalue weighted by molar-refractivity contribution is -0.305. The molecule has 2 aliphatic heterocycles. The van der Waals surface area contributed by atoms with Crippen LogP contribution in [-0.2, 0) is 95.2 Å². The smallest absolute Gasteiger partial charge is 0.308 e. The maximum Gasteiger partial charge on any atom is 0.308 e. The van der Waals surface area contributed by atoms with Gasteiger partial charge in [-0.2, -0.15) is 0 Å². The number of carbonyl (C=O) groups excluding carboxylic acids is 8. The summed E-state index contributed by atoms with van der Waals surface area (Å²) in [5.41, 5.74) is -3.13. The molecule has 0 saturated carbocycles. The molecule has 12 atom stereocenters. The van der Waals surface area contributed by atoms with Gasteiger partial charge in [-0.3, -0.25) is 38.4 Å². The summed E-state index contributed by atoms with van der Waals surface area (Å²) >= 11 is 0. The zero-order chi connectivity index (χ0) is 46.6. The average molecular weight is 879 g/mol. The van der Waals surface area contributed by atoms with Crippen LogP contribution in [0.15, 0.2) is 0 Å². The van der Waals surface area contributed by atoms with E-state index in [0.717, 1.165) is 48.5 Å². The van der Waals surface area contributed by atoms with Gasteiger partial charge < -0.3 is 61.9 Å². The number of ether oxygens (including phenoxy) is 12. The van der Waals surface area contributed by atoms with E-state index >= 15 is 0 Å². The van der Waals surface area contributed by atoms with Gasteiger partial charge in [0, 0.05) is 48.5 Å². The molecule has 0 bridgehead atoms. The van der Waals surface area contributed by atoms with Gasteiger partial charge in [-0.05, 0) is 27.2 Å². The van der Waals surface area contributed by atoms with E-state index < -0.39 is 145 Å². The van der Waals surface area contributed by atoms with Crippen LogP contribution in [0, 0.1) is 5.92 Å². The van der Waals surface area contributed by atoms with Crippen LogP contribution in [-0.4, -0.2) is 158 Å². The Kier molecular flexibility index (Phi) is 20.0. The van der Waals surface area contributed by atoms with E-state index in [1.54, 1.807) is 27.7 Å². The average Bonchev–Trinajstić information content (AvgIpc) is 3.12. The highest BCUT2D eigenvalue weighted by molar-refractivity contribution is 5.72. The Morgan fingerprint density at radius 1 is 0.607 bits per heavy atom. The standard InChI is InChI=1S/C40H62O21/c1-14-40(13,37-35(59-26(10)48)32(56-23(7)45)29(16-51-37)54-21(5)43)61-30-18-50-36(34(58-25(9)47)33(30)57-24(8)46)39(11,12)60-27(15-41)31(55-22(6)44)28(53-20(4)42)17-52-38(49)19(2)3/h19,27-37,41H,14-18H2,1-13H3. The van der Waals surface area contributed by atoms with Crippen LogP contribution in [0.1, 0.15) is 96.4 Å². The lowest BCUT2D eigenvalue weighted by Gasteiger charge is -2.51. The predicted molar refractivity (Wildman–Crippen MR) is 204 cm³/mol. The maximum absolute atomic E-state index is 12.7. The zero-order valence-corrected chi connectivity index (χ0v) is 37.1. The highest BCUT2D eigenvalue weighted by atomic mass is 16.7. The van der Waals surface area contributed by atoms with Crippen molar-refractivity contribution in [2.24, 2.45) is 5.92 Å². The van der Waals surface area contributed by atoms with Gasteiger partial charge in [0.1, 0.15) is 31.0 Å². The summed E-state index contributed by atoms with van der Waals surface area (Å²) in [4.78, 5) is 99.0. The molecule has 2 heterocycles. The monoisotopic (exact) mass is 878 g/mol. The SMILES string of the molecule is CCC(C)(OC1COC(C(C)(C)OC(CO)C(OC(C)=O)C(COC(=O)C(C)C)OC(C)=O)C(OC(C)=O)C1OC(C)=O)C1OCC(OC(C)=O)C(OC(C)=O)C1OC(C)=O. The van der Waals surface area contributed by atoms with Crippen LogP contribution < -0.4 is 0 Å². The van der Waals surface area contributed by atoms with Gasteiger partial charge in [0.2, 0.25) is 0 Å². The molecule has 21 nitrogen and oxygen atoms in total. The van der Waals surface area contributed by atoms with Crippen molar-refractivity contribution in [2.75, 3.05) is 26.4 Å². The summed E-state index contributed by atoms with van der Waals surface area (Å²) in [6, 6.07) is 0. The quantitative estimate of drug-likeness (QED) is 0.133. The highest BCUT2D eigenvalue weighted by Crippen LogP contribution is 2.39. The molecule has 0 spiro atoms. The van der Waals surface area contributed by atoms with Crippen LogP contribution in [0.25, 0.3) is 0 Å². The third-order valence-corrected chi connectivity index (χ3v) is 9.64. The molecule has 1 N–H and O–H groups in total. The van der Waals surface area contributed by atoms with E-state index in [2.05, 4.69) is 0 Å². The minimum Gasteiger partial charge on any atom is -0.461 e. The molecule has 0 aliphatic carbocycles. The molecule has 0 aromatic carbocycles. The second-order valence-corrected chi connectivity index (χ2v) is 15.7. The minimum absolute atomic E-state index is 0.117. The molecule has 2 fully saturated rings. The Hall–Kier alpha value is -4.44. The number of esters is 8. The highest BCUT2D eigenvalue weighted by Gasteiger charge is 2.58. The van der Waals surface area contributed by atoms with Gasteiger partial charge in [0.15, 0.2) is 42.7 Å². The first kappa shape index (κ1) is 52.7.